The number of carbonyl (C=O) groups excluding carboxylic acids is 2. The summed E-state index contributed by atoms with van der Waals surface area (Å²) in [6.07, 6.45) is 0. The summed E-state index contributed by atoms with van der Waals surface area (Å²) >= 11 is 0. The van der Waals surface area contributed by atoms with Gasteiger partial charge in [-0.3, -0.25) is 4.79 Å². The molecule has 27 heavy (non-hydrogen) atoms. The average molecular weight is 371 g/mol. The molecule has 2 aromatic rings. The zero-order valence-electron chi connectivity index (χ0n) is 15.2. The molecule has 2 aromatic carbocycles. The lowest BCUT2D eigenvalue weighted by Crippen LogP contribution is -2.31. The lowest BCUT2D eigenvalue weighted by Gasteiger charge is -2.21. The molecule has 142 valence electrons. The third-order valence-corrected chi connectivity index (χ3v) is 4.07. The first-order valence-electron chi connectivity index (χ1n) is 8.57. The van der Waals surface area contributed by atoms with Gasteiger partial charge in [0.05, 0.1) is 18.7 Å². The summed E-state index contributed by atoms with van der Waals surface area (Å²) in [4.78, 5) is 23.7. The second kappa shape index (κ2) is 8.44. The second-order valence-corrected chi connectivity index (χ2v) is 6.00. The molecule has 3 rings (SSSR count). The Bertz CT molecular complexity index is 835. The molecule has 7 nitrogen and oxygen atoms in total. The summed E-state index contributed by atoms with van der Waals surface area (Å²) in [5.41, 5.74) is 1.26. The van der Waals surface area contributed by atoms with Gasteiger partial charge in [-0.1, -0.05) is 12.1 Å². The van der Waals surface area contributed by atoms with Crippen LogP contribution in [0.15, 0.2) is 42.5 Å². The molecule has 0 aromatic heterocycles. The minimum absolute atomic E-state index is 0.167. The van der Waals surface area contributed by atoms with Gasteiger partial charge in [0, 0.05) is 0 Å². The van der Waals surface area contributed by atoms with Crippen LogP contribution in [0.4, 0.5) is 0 Å². The lowest BCUT2D eigenvalue weighted by atomic mass is 10.1. The van der Waals surface area contributed by atoms with E-state index in [-0.39, 0.29) is 18.6 Å². The number of nitrogens with one attached hydrogen (secondary N) is 1. The Morgan fingerprint density at radius 2 is 1.89 bits per heavy atom. The van der Waals surface area contributed by atoms with Crippen LogP contribution in [-0.2, 0) is 9.53 Å². The molecule has 1 aliphatic rings. The van der Waals surface area contributed by atoms with Crippen LogP contribution in [0.3, 0.4) is 0 Å². The van der Waals surface area contributed by atoms with Gasteiger partial charge in [0.2, 0.25) is 0 Å². The molecule has 1 N–H and O–H groups in total. The fourth-order valence-corrected chi connectivity index (χ4v) is 2.68. The monoisotopic (exact) mass is 371 g/mol. The predicted octanol–water partition coefficient (Wildman–Crippen LogP) is 2.50. The molecule has 7 heteroatoms. The summed E-state index contributed by atoms with van der Waals surface area (Å²) in [7, 11) is 1.31. The van der Waals surface area contributed by atoms with Crippen LogP contribution in [0.1, 0.15) is 28.9 Å². The first kappa shape index (κ1) is 18.6. The Morgan fingerprint density at radius 1 is 1.11 bits per heavy atom. The van der Waals surface area contributed by atoms with Crippen molar-refractivity contribution in [1.82, 2.24) is 5.32 Å². The van der Waals surface area contributed by atoms with E-state index >= 15 is 0 Å². The first-order valence-corrected chi connectivity index (χ1v) is 8.57. The summed E-state index contributed by atoms with van der Waals surface area (Å²) in [6.45, 7) is 2.75. The first-order chi connectivity index (χ1) is 13.1. The van der Waals surface area contributed by atoms with Crippen LogP contribution in [0.2, 0.25) is 0 Å². The Hall–Kier alpha value is -3.22. The van der Waals surface area contributed by atoms with E-state index in [4.69, 9.17) is 14.2 Å². The number of rotatable bonds is 6. The molecular weight excluding hydrogens is 350 g/mol. The molecule has 0 unspecified atom stereocenters. The molecule has 1 aliphatic heterocycles. The van der Waals surface area contributed by atoms with Crippen LogP contribution in [0.25, 0.3) is 0 Å². The SMILES string of the molecule is COC(=O)c1cccc(OCC(=O)N[C@@H](C)c2ccc3c(c2)OCCO3)c1. The maximum Gasteiger partial charge on any atom is 0.337 e. The van der Waals surface area contributed by atoms with Crippen molar-refractivity contribution >= 4 is 11.9 Å². The quantitative estimate of drug-likeness (QED) is 0.786. The lowest BCUT2D eigenvalue weighted by molar-refractivity contribution is -0.123. The van der Waals surface area contributed by atoms with Gasteiger partial charge in [-0.2, -0.15) is 0 Å². The minimum atomic E-state index is -0.461. The molecule has 0 fully saturated rings. The second-order valence-electron chi connectivity index (χ2n) is 6.00. The largest absolute Gasteiger partial charge is 0.486 e. The van der Waals surface area contributed by atoms with E-state index < -0.39 is 5.97 Å². The molecule has 1 atom stereocenters. The number of hydrogen-bond donors (Lipinski definition) is 1. The van der Waals surface area contributed by atoms with E-state index in [1.54, 1.807) is 18.2 Å². The van der Waals surface area contributed by atoms with Crippen LogP contribution >= 0.6 is 0 Å². The van der Waals surface area contributed by atoms with Crippen LogP contribution in [0, 0.1) is 0 Å². The Balaban J connectivity index is 1.55. The molecule has 0 aliphatic carbocycles. The van der Waals surface area contributed by atoms with Gasteiger partial charge in [-0.05, 0) is 42.8 Å². The van der Waals surface area contributed by atoms with Crippen molar-refractivity contribution in [3.8, 4) is 17.2 Å². The van der Waals surface area contributed by atoms with E-state index in [0.717, 1.165) is 5.56 Å². The van der Waals surface area contributed by atoms with Crippen molar-refractivity contribution in [2.45, 2.75) is 13.0 Å². The maximum atomic E-state index is 12.2. The normalized spacial score (nSPS) is 13.4. The van der Waals surface area contributed by atoms with Gasteiger partial charge in [-0.25, -0.2) is 4.79 Å². The molecular formula is C20H21NO6. The highest BCUT2D eigenvalue weighted by Gasteiger charge is 2.16. The van der Waals surface area contributed by atoms with E-state index in [0.29, 0.717) is 36.0 Å². The van der Waals surface area contributed by atoms with Crippen LogP contribution < -0.4 is 19.5 Å². The highest BCUT2D eigenvalue weighted by Crippen LogP contribution is 2.32. The van der Waals surface area contributed by atoms with Crippen molar-refractivity contribution in [3.63, 3.8) is 0 Å². The van der Waals surface area contributed by atoms with Crippen LogP contribution in [0.5, 0.6) is 17.2 Å². The number of carbonyl (C=O) groups is 2. The summed E-state index contributed by atoms with van der Waals surface area (Å²) in [5, 5.41) is 2.87. The molecule has 1 amide bonds. The summed E-state index contributed by atoms with van der Waals surface area (Å²) in [5.74, 6) is 1.06. The Kier molecular flexibility index (Phi) is 5.80. The standard InChI is InChI=1S/C20H21NO6/c1-13(14-6-7-17-18(11-14)26-9-8-25-17)21-19(22)12-27-16-5-3-4-15(10-16)20(23)24-2/h3-7,10-11,13H,8-9,12H2,1-2H3,(H,21,22)/t13-/m0/s1. The summed E-state index contributed by atoms with van der Waals surface area (Å²) < 4.78 is 21.2. The molecule has 0 bridgehead atoms. The smallest absolute Gasteiger partial charge is 0.337 e. The van der Waals surface area contributed by atoms with Gasteiger partial charge < -0.3 is 24.3 Å². The zero-order valence-corrected chi connectivity index (χ0v) is 15.2. The van der Waals surface area contributed by atoms with Crippen molar-refractivity contribution in [2.24, 2.45) is 0 Å². The third kappa shape index (κ3) is 4.69. The number of amides is 1. The average Bonchev–Trinajstić information content (AvgIpc) is 2.71. The fourth-order valence-electron chi connectivity index (χ4n) is 2.68. The topological polar surface area (TPSA) is 83.1 Å². The number of esters is 1. The van der Waals surface area contributed by atoms with Crippen LogP contribution in [-0.4, -0.2) is 38.8 Å². The zero-order chi connectivity index (χ0) is 19.2. The van der Waals surface area contributed by atoms with Crippen molar-refractivity contribution < 1.29 is 28.5 Å². The van der Waals surface area contributed by atoms with Gasteiger partial charge in [0.15, 0.2) is 18.1 Å². The molecule has 1 heterocycles. The maximum absolute atomic E-state index is 12.2. The number of ether oxygens (including phenoxy) is 4. The Labute approximate surface area is 157 Å². The minimum Gasteiger partial charge on any atom is -0.486 e. The number of hydrogen-bond acceptors (Lipinski definition) is 6. The van der Waals surface area contributed by atoms with Crippen molar-refractivity contribution in [3.05, 3.63) is 53.6 Å². The van der Waals surface area contributed by atoms with Crippen molar-refractivity contribution in [1.29, 1.82) is 0 Å². The Morgan fingerprint density at radius 3 is 2.67 bits per heavy atom. The van der Waals surface area contributed by atoms with Gasteiger partial charge in [-0.15, -0.1) is 0 Å². The van der Waals surface area contributed by atoms with Gasteiger partial charge >= 0.3 is 5.97 Å². The van der Waals surface area contributed by atoms with Gasteiger partial charge in [0.1, 0.15) is 19.0 Å². The van der Waals surface area contributed by atoms with E-state index in [1.165, 1.54) is 13.2 Å². The van der Waals surface area contributed by atoms with E-state index in [2.05, 4.69) is 10.1 Å². The van der Waals surface area contributed by atoms with Crippen molar-refractivity contribution in [2.75, 3.05) is 26.9 Å². The summed E-state index contributed by atoms with van der Waals surface area (Å²) in [6, 6.07) is 11.8. The number of fused-ring (bicyclic) bond motifs is 1. The molecule has 0 saturated heterocycles. The van der Waals surface area contributed by atoms with Gasteiger partial charge in [0.25, 0.3) is 5.91 Å². The molecule has 0 radical (unpaired) electrons. The van der Waals surface area contributed by atoms with E-state index in [1.807, 2.05) is 25.1 Å². The fraction of sp³-hybridized carbons (Fsp3) is 0.300. The number of benzene rings is 2. The molecule has 0 saturated carbocycles. The highest BCUT2D eigenvalue weighted by atomic mass is 16.6. The number of methoxy groups -OCH3 is 1. The third-order valence-electron chi connectivity index (χ3n) is 4.07. The highest BCUT2D eigenvalue weighted by molar-refractivity contribution is 5.89. The van der Waals surface area contributed by atoms with E-state index in [9.17, 15) is 9.59 Å². The predicted molar refractivity (Wildman–Crippen MR) is 97.3 cm³/mol. The molecule has 0 spiro atoms.